The Morgan fingerprint density at radius 1 is 1.28 bits per heavy atom. The van der Waals surface area contributed by atoms with Crippen LogP contribution >= 0.6 is 39.1 Å². The fourth-order valence-electron chi connectivity index (χ4n) is 2.55. The van der Waals surface area contributed by atoms with Crippen molar-refractivity contribution in [1.82, 2.24) is 20.2 Å². The molecule has 2 aromatic rings. The number of aromatic amines is 1. The van der Waals surface area contributed by atoms with Crippen molar-refractivity contribution >= 4 is 56.1 Å². The van der Waals surface area contributed by atoms with Crippen molar-refractivity contribution in [2.45, 2.75) is 26.4 Å². The lowest BCUT2D eigenvalue weighted by molar-refractivity contribution is 0.0229. The minimum atomic E-state index is -0.388. The molecule has 1 aromatic carbocycles. The van der Waals surface area contributed by atoms with Crippen LogP contribution in [0.2, 0.25) is 10.3 Å². The van der Waals surface area contributed by atoms with Crippen molar-refractivity contribution in [2.24, 2.45) is 0 Å². The van der Waals surface area contributed by atoms with Gasteiger partial charge in [-0.05, 0) is 54.4 Å². The number of carbonyl (C=O) groups is 1. The van der Waals surface area contributed by atoms with Crippen LogP contribution in [0.15, 0.2) is 15.3 Å². The van der Waals surface area contributed by atoms with Crippen LogP contribution in [0.4, 0.5) is 4.79 Å². The van der Waals surface area contributed by atoms with Crippen LogP contribution in [0.3, 0.4) is 0 Å². The van der Waals surface area contributed by atoms with Gasteiger partial charge in [-0.25, -0.2) is 9.78 Å². The number of carbonyl (C=O) groups excluding carboxylic acids is 1. The Morgan fingerprint density at radius 2 is 1.90 bits per heavy atom. The molecule has 0 saturated carbocycles. The highest BCUT2D eigenvalue weighted by Crippen LogP contribution is 2.37. The van der Waals surface area contributed by atoms with E-state index in [1.165, 1.54) is 7.11 Å². The molecule has 1 amide bonds. The number of hydrogen-bond donors (Lipinski definition) is 2. The lowest BCUT2D eigenvalue weighted by atomic mass is 10.2. The van der Waals surface area contributed by atoms with Gasteiger partial charge in [0.05, 0.1) is 17.6 Å². The van der Waals surface area contributed by atoms with Crippen LogP contribution in [-0.2, 0) is 4.74 Å². The fraction of sp³-hybridized carbons (Fsp3) is 0.500. The lowest BCUT2D eigenvalue weighted by Crippen LogP contribution is -2.48. The first-order chi connectivity index (χ1) is 13.5. The van der Waals surface area contributed by atoms with Gasteiger partial charge in [-0.15, -0.1) is 0 Å². The first-order valence-corrected chi connectivity index (χ1v) is 10.4. The molecular formula is C18H23BrCl2N4O4. The minimum Gasteiger partial charge on any atom is -0.494 e. The number of fused-ring (bicyclic) bond motifs is 1. The highest BCUT2D eigenvalue weighted by molar-refractivity contribution is 9.10. The Hall–Kier alpha value is -1.55. The summed E-state index contributed by atoms with van der Waals surface area (Å²) in [7, 11) is 1.43. The second-order valence-electron chi connectivity index (χ2n) is 7.17. The third-order valence-electron chi connectivity index (χ3n) is 3.79. The monoisotopic (exact) mass is 508 g/mol. The van der Waals surface area contributed by atoms with Crippen LogP contribution in [-0.4, -0.2) is 59.9 Å². The number of methoxy groups -OCH3 is 1. The molecule has 1 fully saturated rings. The molecule has 0 radical (unpaired) electrons. The van der Waals surface area contributed by atoms with Crippen molar-refractivity contribution in [3.05, 3.63) is 31.2 Å². The van der Waals surface area contributed by atoms with E-state index in [0.29, 0.717) is 15.0 Å². The van der Waals surface area contributed by atoms with E-state index in [4.69, 9.17) is 32.7 Å². The predicted octanol–water partition coefficient (Wildman–Crippen LogP) is 3.83. The van der Waals surface area contributed by atoms with Crippen molar-refractivity contribution in [1.29, 1.82) is 0 Å². The van der Waals surface area contributed by atoms with E-state index < -0.39 is 0 Å². The number of nitrogens with one attached hydrogen (secondary N) is 2. The zero-order valence-corrected chi connectivity index (χ0v) is 19.7. The molecule has 0 unspecified atom stereocenters. The maximum atomic E-state index is 11.7. The zero-order chi connectivity index (χ0) is 21.8. The van der Waals surface area contributed by atoms with Crippen LogP contribution in [0, 0.1) is 0 Å². The Balaban J connectivity index is 0.000000212. The molecule has 0 spiro atoms. The number of aromatic nitrogens is 2. The number of benzene rings is 1. The van der Waals surface area contributed by atoms with Gasteiger partial charge >= 0.3 is 6.09 Å². The second kappa shape index (κ2) is 9.97. The number of piperazine rings is 1. The molecule has 1 aliphatic rings. The van der Waals surface area contributed by atoms with Gasteiger partial charge in [-0.1, -0.05) is 11.6 Å². The van der Waals surface area contributed by atoms with Gasteiger partial charge < -0.3 is 19.7 Å². The van der Waals surface area contributed by atoms with Crippen LogP contribution in [0.5, 0.6) is 5.75 Å². The number of H-pyrrole nitrogens is 1. The summed E-state index contributed by atoms with van der Waals surface area (Å²) in [5.41, 5.74) is -0.356. The molecule has 0 atom stereocenters. The standard InChI is InChI=1S/C9H5BrCl2N2O2.C9H18N2O2/c1-16-7-5-4(2-3(10)6(7)11)13-9(12)14-8(5)15;1-9(2,3)13-8(12)11-6-4-10-5-7-11/h2H,1H3,(H,13,14,15);10H,4-7H2,1-3H3. The van der Waals surface area contributed by atoms with Gasteiger partial charge in [0, 0.05) is 30.7 Å². The molecule has 11 heteroatoms. The van der Waals surface area contributed by atoms with Crippen LogP contribution in [0.25, 0.3) is 10.9 Å². The molecule has 29 heavy (non-hydrogen) atoms. The van der Waals surface area contributed by atoms with E-state index >= 15 is 0 Å². The Labute approximate surface area is 187 Å². The van der Waals surface area contributed by atoms with E-state index in [1.54, 1.807) is 11.0 Å². The molecular weight excluding hydrogens is 487 g/mol. The van der Waals surface area contributed by atoms with E-state index in [1.807, 2.05) is 20.8 Å². The lowest BCUT2D eigenvalue weighted by Gasteiger charge is -2.30. The van der Waals surface area contributed by atoms with Crippen molar-refractivity contribution in [3.8, 4) is 5.75 Å². The summed E-state index contributed by atoms with van der Waals surface area (Å²) in [5.74, 6) is 0.274. The Morgan fingerprint density at radius 3 is 2.45 bits per heavy atom. The molecule has 2 heterocycles. The highest BCUT2D eigenvalue weighted by Gasteiger charge is 2.22. The molecule has 0 aliphatic carbocycles. The molecule has 1 saturated heterocycles. The average Bonchev–Trinajstić information content (AvgIpc) is 2.63. The minimum absolute atomic E-state index is 0.0220. The first kappa shape index (κ1) is 23.7. The summed E-state index contributed by atoms with van der Waals surface area (Å²) in [4.78, 5) is 31.3. The summed E-state index contributed by atoms with van der Waals surface area (Å²) in [5, 5.41) is 3.81. The topological polar surface area (TPSA) is 96.5 Å². The maximum Gasteiger partial charge on any atom is 0.410 e. The van der Waals surface area contributed by atoms with Crippen LogP contribution < -0.4 is 15.6 Å². The molecule has 1 aliphatic heterocycles. The molecule has 2 N–H and O–H groups in total. The van der Waals surface area contributed by atoms with E-state index in [9.17, 15) is 9.59 Å². The van der Waals surface area contributed by atoms with Gasteiger partial charge in [0.2, 0.25) is 5.28 Å². The van der Waals surface area contributed by atoms with Crippen molar-refractivity contribution < 1.29 is 14.3 Å². The summed E-state index contributed by atoms with van der Waals surface area (Å²) in [6.45, 7) is 8.86. The highest BCUT2D eigenvalue weighted by atomic mass is 79.9. The van der Waals surface area contributed by atoms with E-state index in [2.05, 4.69) is 31.2 Å². The molecule has 160 valence electrons. The van der Waals surface area contributed by atoms with Gasteiger partial charge in [-0.3, -0.25) is 9.78 Å². The molecule has 0 bridgehead atoms. The number of ether oxygens (including phenoxy) is 2. The summed E-state index contributed by atoms with van der Waals surface area (Å²) in [6.07, 6.45) is -0.200. The third-order valence-corrected chi connectivity index (χ3v) is 5.20. The van der Waals surface area contributed by atoms with Gasteiger partial charge in [-0.2, -0.15) is 0 Å². The van der Waals surface area contributed by atoms with Crippen molar-refractivity contribution in [2.75, 3.05) is 33.3 Å². The number of amides is 1. The smallest absolute Gasteiger partial charge is 0.410 e. The molecule has 1 aromatic heterocycles. The first-order valence-electron chi connectivity index (χ1n) is 8.83. The number of hydrogen-bond acceptors (Lipinski definition) is 6. The SMILES string of the molecule is CC(C)(C)OC(=O)N1CCNCC1.COc1c(Cl)c(Br)cc2nc(Cl)[nH]c(=O)c12. The summed E-state index contributed by atoms with van der Waals surface area (Å²) < 4.78 is 10.9. The van der Waals surface area contributed by atoms with E-state index in [-0.39, 0.29) is 33.7 Å². The zero-order valence-electron chi connectivity index (χ0n) is 16.6. The van der Waals surface area contributed by atoms with Crippen LogP contribution in [0.1, 0.15) is 20.8 Å². The average molecular weight is 510 g/mol. The predicted molar refractivity (Wildman–Crippen MR) is 117 cm³/mol. The molecule has 8 nitrogen and oxygen atoms in total. The quantitative estimate of drug-likeness (QED) is 0.567. The van der Waals surface area contributed by atoms with Gasteiger partial charge in [0.15, 0.2) is 5.75 Å². The summed E-state index contributed by atoms with van der Waals surface area (Å²) in [6, 6.07) is 1.61. The van der Waals surface area contributed by atoms with E-state index in [0.717, 1.165) is 26.2 Å². The largest absolute Gasteiger partial charge is 0.494 e. The normalized spacial score (nSPS) is 14.2. The summed E-state index contributed by atoms with van der Waals surface area (Å²) >= 11 is 14.9. The Bertz CT molecular complexity index is 940. The number of rotatable bonds is 1. The van der Waals surface area contributed by atoms with Crippen molar-refractivity contribution in [3.63, 3.8) is 0 Å². The maximum absolute atomic E-state index is 11.7. The Kier molecular flexibility index (Phi) is 8.16. The molecule has 3 rings (SSSR count). The second-order valence-corrected chi connectivity index (χ2v) is 8.76. The van der Waals surface area contributed by atoms with Gasteiger partial charge in [0.1, 0.15) is 11.0 Å². The fourth-order valence-corrected chi connectivity index (χ4v) is 3.35. The van der Waals surface area contributed by atoms with Gasteiger partial charge in [0.25, 0.3) is 5.56 Å². The number of nitrogens with zero attached hydrogens (tertiary/aromatic N) is 2. The number of halogens is 3. The third kappa shape index (κ3) is 6.47.